The average molecular weight is 336 g/mol. The Morgan fingerprint density at radius 1 is 0.833 bits per heavy atom. The molecule has 3 rings (SSSR count). The van der Waals surface area contributed by atoms with Crippen LogP contribution in [0.1, 0.15) is 32.8 Å². The highest BCUT2D eigenvalue weighted by Crippen LogP contribution is 2.45. The third kappa shape index (κ3) is 2.60. The van der Waals surface area contributed by atoms with E-state index in [0.717, 1.165) is 19.1 Å². The molecule has 1 nitrogen and oxygen atoms in total. The second-order valence-electron chi connectivity index (χ2n) is 7.19. The first kappa shape index (κ1) is 17.3. The van der Waals surface area contributed by atoms with Gasteiger partial charge in [0, 0.05) is 11.7 Å². The molecule has 24 heavy (non-hydrogen) atoms. The van der Waals surface area contributed by atoms with Gasteiger partial charge in [0.1, 0.15) is 0 Å². The average Bonchev–Trinajstić information content (AvgIpc) is 2.93. The maximum absolute atomic E-state index is 5.70. The molecule has 0 saturated heterocycles. The molecule has 1 aliphatic rings. The highest BCUT2D eigenvalue weighted by atomic mass is 28.4. The highest BCUT2D eigenvalue weighted by Gasteiger charge is 2.56. The van der Waals surface area contributed by atoms with E-state index in [1.807, 2.05) is 0 Å². The van der Waals surface area contributed by atoms with Crippen LogP contribution in [0.2, 0.25) is 19.2 Å². The molecule has 1 aliphatic heterocycles. The summed E-state index contributed by atoms with van der Waals surface area (Å²) < 4.78 is 5.70. The largest absolute Gasteiger partial charge is 0.774 e. The number of hydrogen-bond donors (Lipinski definition) is 0. The van der Waals surface area contributed by atoms with Crippen LogP contribution in [0.25, 0.3) is 5.20 Å². The van der Waals surface area contributed by atoms with Crippen LogP contribution in [0.15, 0.2) is 66.1 Å². The molecular formula is C21H29BOSi. The van der Waals surface area contributed by atoms with E-state index in [4.69, 9.17) is 4.34 Å². The Kier molecular flexibility index (Phi) is 4.84. The predicted molar refractivity (Wildman–Crippen MR) is 110 cm³/mol. The summed E-state index contributed by atoms with van der Waals surface area (Å²) in [5.74, 6) is 0. The lowest BCUT2D eigenvalue weighted by atomic mass is 9.31. The number of hydrogen-bond acceptors (Lipinski definition) is 0. The molecule has 1 atom stereocenters. The van der Waals surface area contributed by atoms with Crippen LogP contribution < -0.4 is 5.19 Å². The Labute approximate surface area is 147 Å². The van der Waals surface area contributed by atoms with E-state index in [-0.39, 0.29) is 0 Å². The Balaban J connectivity index is 2.29. The van der Waals surface area contributed by atoms with Crippen LogP contribution in [0.4, 0.5) is 0 Å². The summed E-state index contributed by atoms with van der Waals surface area (Å²) in [5.41, 5.74) is 3.03. The maximum atomic E-state index is 5.70. The van der Waals surface area contributed by atoms with Gasteiger partial charge in [-0.1, -0.05) is 87.9 Å². The molecule has 0 fully saturated rings. The predicted octanol–water partition coefficient (Wildman–Crippen LogP) is 4.94. The van der Waals surface area contributed by atoms with Crippen molar-refractivity contribution in [1.29, 1.82) is 0 Å². The first-order valence-electron chi connectivity index (χ1n) is 9.38. The van der Waals surface area contributed by atoms with E-state index in [9.17, 15) is 0 Å². The zero-order valence-electron chi connectivity index (χ0n) is 15.4. The van der Waals surface area contributed by atoms with Gasteiger partial charge in [-0.15, -0.1) is 18.1 Å². The van der Waals surface area contributed by atoms with Gasteiger partial charge in [-0.2, -0.15) is 0 Å². The van der Waals surface area contributed by atoms with E-state index < -0.39 is 14.7 Å². The Bertz CT molecular complexity index is 722. The standard InChI is InChI=1S/C21H29BOSi/c1-5-20-21(18-14-10-8-11-15-18)24(4,19-16-12-9-13-17-19)23-22(20,6-2)7-3/h8-17,23H,5-7H2,1-4H3. The van der Waals surface area contributed by atoms with Crippen LogP contribution in [0.5, 0.6) is 0 Å². The van der Waals surface area contributed by atoms with Crippen molar-refractivity contribution in [2.24, 2.45) is 0 Å². The Hall–Kier alpha value is -1.58. The number of rotatable bonds is 5. The van der Waals surface area contributed by atoms with Crippen LogP contribution >= 0.6 is 0 Å². The summed E-state index contributed by atoms with van der Waals surface area (Å²) in [6.45, 7) is 9.43. The minimum Gasteiger partial charge on any atom is -0.774 e. The minimum absolute atomic E-state index is 0.755. The molecular weight excluding hydrogens is 307 g/mol. The molecule has 0 aromatic heterocycles. The van der Waals surface area contributed by atoms with Crippen LogP contribution in [0.3, 0.4) is 0 Å². The van der Waals surface area contributed by atoms with Crippen molar-refractivity contribution in [3.05, 3.63) is 71.7 Å². The zero-order valence-corrected chi connectivity index (χ0v) is 16.4. The third-order valence-corrected chi connectivity index (χ3v) is 10.1. The topological polar surface area (TPSA) is 12.8 Å². The van der Waals surface area contributed by atoms with Gasteiger partial charge >= 0.3 is 8.32 Å². The quantitative estimate of drug-likeness (QED) is 0.542. The number of allylic oxidation sites excluding steroid dienone is 1. The summed E-state index contributed by atoms with van der Waals surface area (Å²) >= 11 is 0. The first-order chi connectivity index (χ1) is 11.6. The van der Waals surface area contributed by atoms with E-state index in [1.54, 1.807) is 10.7 Å². The summed E-state index contributed by atoms with van der Waals surface area (Å²) in [6.07, 6.45) is 2.68. The lowest BCUT2D eigenvalue weighted by molar-refractivity contribution is 0.350. The fourth-order valence-electron chi connectivity index (χ4n) is 4.79. The van der Waals surface area contributed by atoms with Gasteiger partial charge in [0.25, 0.3) is 6.35 Å². The van der Waals surface area contributed by atoms with Crippen molar-refractivity contribution in [1.82, 2.24) is 0 Å². The molecule has 1 N–H and O–H groups in total. The summed E-state index contributed by atoms with van der Waals surface area (Å²) in [4.78, 5) is 0. The van der Waals surface area contributed by atoms with Gasteiger partial charge in [0.15, 0.2) is 0 Å². The van der Waals surface area contributed by atoms with E-state index >= 15 is 0 Å². The van der Waals surface area contributed by atoms with Crippen molar-refractivity contribution in [2.75, 3.05) is 0 Å². The van der Waals surface area contributed by atoms with Crippen molar-refractivity contribution >= 4 is 25.0 Å². The van der Waals surface area contributed by atoms with Gasteiger partial charge in [0.05, 0.1) is 0 Å². The molecule has 1 unspecified atom stereocenters. The monoisotopic (exact) mass is 336 g/mol. The third-order valence-electron chi connectivity index (χ3n) is 6.09. The van der Waals surface area contributed by atoms with Crippen molar-refractivity contribution in [3.8, 4) is 0 Å². The van der Waals surface area contributed by atoms with Gasteiger partial charge in [-0.05, 0) is 10.8 Å². The van der Waals surface area contributed by atoms with Gasteiger partial charge in [0.2, 0.25) is 0 Å². The van der Waals surface area contributed by atoms with Gasteiger partial charge in [-0.25, -0.2) is 0 Å². The second-order valence-corrected chi connectivity index (χ2v) is 10.7. The molecule has 0 amide bonds. The van der Waals surface area contributed by atoms with Crippen LogP contribution in [-0.4, -0.2) is 19.0 Å². The van der Waals surface area contributed by atoms with Crippen molar-refractivity contribution < 1.29 is 4.34 Å². The van der Waals surface area contributed by atoms with E-state index in [2.05, 4.69) is 88.0 Å². The Morgan fingerprint density at radius 2 is 1.38 bits per heavy atom. The molecule has 2 aromatic rings. The fourth-order valence-corrected chi connectivity index (χ4v) is 9.51. The molecule has 0 bridgehead atoms. The summed E-state index contributed by atoms with van der Waals surface area (Å²) in [5, 5.41) is 3.03. The first-order valence-corrected chi connectivity index (χ1v) is 11.8. The number of benzene rings is 2. The van der Waals surface area contributed by atoms with E-state index in [0.29, 0.717) is 0 Å². The summed E-state index contributed by atoms with van der Waals surface area (Å²) in [7, 11) is -2.06. The zero-order chi connectivity index (χ0) is 17.2. The van der Waals surface area contributed by atoms with Gasteiger partial charge in [-0.3, -0.25) is 0 Å². The van der Waals surface area contributed by atoms with E-state index in [1.165, 1.54) is 10.8 Å². The lowest BCUT2D eigenvalue weighted by Gasteiger charge is -2.37. The molecule has 1 heterocycles. The van der Waals surface area contributed by atoms with Crippen molar-refractivity contribution in [2.45, 2.75) is 46.4 Å². The Morgan fingerprint density at radius 3 is 1.88 bits per heavy atom. The van der Waals surface area contributed by atoms with Crippen molar-refractivity contribution in [3.63, 3.8) is 0 Å². The molecule has 126 valence electrons. The lowest BCUT2D eigenvalue weighted by Crippen LogP contribution is -2.55. The minimum atomic E-state index is -2.06. The molecule has 0 saturated carbocycles. The second kappa shape index (κ2) is 6.73. The van der Waals surface area contributed by atoms with Crippen LogP contribution in [0, 0.1) is 0 Å². The maximum Gasteiger partial charge on any atom is 0.394 e. The SMILES string of the molecule is CCC1=C(c2ccccc2)[Si](C)(c2ccccc2)[OH+][B-]1(CC)CC. The smallest absolute Gasteiger partial charge is 0.394 e. The molecule has 0 radical (unpaired) electrons. The van der Waals surface area contributed by atoms with Crippen LogP contribution in [-0.2, 0) is 0 Å². The normalized spacial score (nSPS) is 22.8. The highest BCUT2D eigenvalue weighted by molar-refractivity contribution is 7.11. The molecule has 0 aliphatic carbocycles. The van der Waals surface area contributed by atoms with Gasteiger partial charge < -0.3 is 4.34 Å². The summed E-state index contributed by atoms with van der Waals surface area (Å²) in [6, 6.07) is 22.1. The molecule has 2 aromatic carbocycles. The fraction of sp³-hybridized carbons (Fsp3) is 0.333. The molecule has 0 spiro atoms. The molecule has 3 heteroatoms.